The Bertz CT molecular complexity index is 1180. The zero-order valence-corrected chi connectivity index (χ0v) is 19.0. The molecule has 1 aliphatic heterocycles. The Kier molecular flexibility index (Phi) is 6.55. The van der Waals surface area contributed by atoms with Crippen LogP contribution in [0.1, 0.15) is 41.7 Å². The number of likely N-dealkylation sites (tertiary alicyclic amines) is 1. The van der Waals surface area contributed by atoms with Crippen LogP contribution in [0.5, 0.6) is 11.5 Å². The minimum Gasteiger partial charge on any atom is -0.506 e. The number of nitrogens with two attached hydrogens (primary N) is 1. The minimum absolute atomic E-state index is 0.00921. The van der Waals surface area contributed by atoms with Crippen LogP contribution in [0, 0.1) is 0 Å². The van der Waals surface area contributed by atoms with Crippen LogP contribution >= 0.6 is 0 Å². The molecule has 4 rings (SSSR count). The summed E-state index contributed by atoms with van der Waals surface area (Å²) in [6.45, 7) is 4.18. The lowest BCUT2D eigenvalue weighted by Gasteiger charge is -2.33. The molecule has 0 bridgehead atoms. The van der Waals surface area contributed by atoms with Gasteiger partial charge in [-0.05, 0) is 54.5 Å². The molecule has 174 valence electrons. The number of ether oxygens (including phenoxy) is 1. The Hall–Kier alpha value is -3.52. The van der Waals surface area contributed by atoms with E-state index in [4.69, 9.17) is 10.5 Å². The van der Waals surface area contributed by atoms with Crippen molar-refractivity contribution in [3.8, 4) is 11.5 Å². The van der Waals surface area contributed by atoms with Crippen LogP contribution in [0.15, 0.2) is 42.6 Å². The average Bonchev–Trinajstić information content (AvgIpc) is 3.22. The van der Waals surface area contributed by atoms with Crippen molar-refractivity contribution in [3.05, 3.63) is 53.7 Å². The predicted octanol–water partition coefficient (Wildman–Crippen LogP) is 3.29. The van der Waals surface area contributed by atoms with Crippen molar-refractivity contribution < 1.29 is 19.4 Å². The highest BCUT2D eigenvalue weighted by Crippen LogP contribution is 2.33. The molecule has 8 nitrogen and oxygen atoms in total. The topological polar surface area (TPSA) is 110 Å². The maximum Gasteiger partial charge on any atom is 0.248 e. The zero-order valence-electron chi connectivity index (χ0n) is 19.0. The van der Waals surface area contributed by atoms with Crippen molar-refractivity contribution in [1.82, 2.24) is 9.47 Å². The van der Waals surface area contributed by atoms with E-state index < -0.39 is 5.91 Å². The molecule has 2 aromatic carbocycles. The lowest BCUT2D eigenvalue weighted by atomic mass is 10.0. The van der Waals surface area contributed by atoms with Crippen molar-refractivity contribution >= 4 is 28.4 Å². The molecular weight excluding hydrogens is 420 g/mol. The molecule has 0 spiro atoms. The highest BCUT2D eigenvalue weighted by atomic mass is 16.5. The fourth-order valence-electron chi connectivity index (χ4n) is 4.61. The molecule has 0 saturated carbocycles. The Morgan fingerprint density at radius 2 is 1.94 bits per heavy atom. The van der Waals surface area contributed by atoms with Gasteiger partial charge in [0, 0.05) is 55.9 Å². The van der Waals surface area contributed by atoms with Crippen LogP contribution in [0.4, 0.5) is 5.69 Å². The smallest absolute Gasteiger partial charge is 0.248 e. The number of phenols is 1. The quantitative estimate of drug-likeness (QED) is 0.479. The third-order valence-corrected chi connectivity index (χ3v) is 6.37. The van der Waals surface area contributed by atoms with Gasteiger partial charge in [0.15, 0.2) is 0 Å². The number of anilines is 1. The van der Waals surface area contributed by atoms with Gasteiger partial charge in [0.1, 0.15) is 11.5 Å². The second kappa shape index (κ2) is 9.54. The maximum absolute atomic E-state index is 11.6. The number of fused-ring (bicyclic) bond motifs is 1. The number of hydrogen-bond acceptors (Lipinski definition) is 5. The Morgan fingerprint density at radius 1 is 1.18 bits per heavy atom. The van der Waals surface area contributed by atoms with E-state index >= 15 is 0 Å². The van der Waals surface area contributed by atoms with E-state index in [1.807, 2.05) is 12.1 Å². The molecule has 1 aromatic heterocycles. The molecule has 2 amide bonds. The van der Waals surface area contributed by atoms with E-state index in [-0.39, 0.29) is 11.7 Å². The highest BCUT2D eigenvalue weighted by Gasteiger charge is 2.22. The number of methoxy groups -OCH3 is 1. The summed E-state index contributed by atoms with van der Waals surface area (Å²) in [5.74, 6) is -0.0413. The third-order valence-electron chi connectivity index (χ3n) is 6.37. The summed E-state index contributed by atoms with van der Waals surface area (Å²) in [7, 11) is 1.58. The van der Waals surface area contributed by atoms with Gasteiger partial charge in [0.05, 0.1) is 12.8 Å². The fraction of sp³-hybridized carbons (Fsp3) is 0.360. The number of amides is 2. The summed E-state index contributed by atoms with van der Waals surface area (Å²) < 4.78 is 7.70. The molecule has 4 N–H and O–H groups in total. The van der Waals surface area contributed by atoms with E-state index in [1.165, 1.54) is 6.92 Å². The van der Waals surface area contributed by atoms with Crippen molar-refractivity contribution in [2.45, 2.75) is 32.2 Å². The van der Waals surface area contributed by atoms with Gasteiger partial charge in [-0.2, -0.15) is 0 Å². The SMILES string of the molecule is COc1cc(O)c(NC(C)=O)cc1CCN1CCC(n2ccc3ccc(C(N)=O)cc32)CC1. The van der Waals surface area contributed by atoms with Gasteiger partial charge >= 0.3 is 0 Å². The molecule has 0 atom stereocenters. The van der Waals surface area contributed by atoms with E-state index in [0.29, 0.717) is 23.0 Å². The van der Waals surface area contributed by atoms with E-state index in [2.05, 4.69) is 27.0 Å². The number of primary amides is 1. The molecule has 0 aliphatic carbocycles. The van der Waals surface area contributed by atoms with Gasteiger partial charge in [-0.15, -0.1) is 0 Å². The van der Waals surface area contributed by atoms with Crippen LogP contribution in [-0.2, 0) is 11.2 Å². The van der Waals surface area contributed by atoms with E-state index in [9.17, 15) is 14.7 Å². The van der Waals surface area contributed by atoms with E-state index in [1.54, 1.807) is 25.3 Å². The van der Waals surface area contributed by atoms with Gasteiger partial charge in [-0.3, -0.25) is 9.59 Å². The fourth-order valence-corrected chi connectivity index (χ4v) is 4.61. The second-order valence-electron chi connectivity index (χ2n) is 8.55. The molecular formula is C25H30N4O4. The van der Waals surface area contributed by atoms with Gasteiger partial charge in [0.2, 0.25) is 11.8 Å². The number of carbonyl (C=O) groups excluding carboxylic acids is 2. The molecule has 33 heavy (non-hydrogen) atoms. The zero-order chi connectivity index (χ0) is 23.5. The number of hydrogen-bond donors (Lipinski definition) is 3. The van der Waals surface area contributed by atoms with E-state index in [0.717, 1.165) is 55.4 Å². The third kappa shape index (κ3) is 4.96. The first-order valence-electron chi connectivity index (χ1n) is 11.2. The van der Waals surface area contributed by atoms with Crippen LogP contribution in [0.25, 0.3) is 10.9 Å². The Labute approximate surface area is 192 Å². The Balaban J connectivity index is 1.40. The monoisotopic (exact) mass is 450 g/mol. The molecule has 2 heterocycles. The van der Waals surface area contributed by atoms with Crippen molar-refractivity contribution in [2.24, 2.45) is 5.73 Å². The number of nitrogens with one attached hydrogen (secondary N) is 1. The summed E-state index contributed by atoms with van der Waals surface area (Å²) >= 11 is 0. The number of benzene rings is 2. The number of rotatable bonds is 7. The van der Waals surface area contributed by atoms with Crippen molar-refractivity contribution in [2.75, 3.05) is 32.1 Å². The molecule has 0 unspecified atom stereocenters. The largest absolute Gasteiger partial charge is 0.506 e. The number of carbonyl (C=O) groups is 2. The molecule has 1 aliphatic rings. The van der Waals surface area contributed by atoms with Crippen molar-refractivity contribution in [3.63, 3.8) is 0 Å². The molecule has 0 radical (unpaired) electrons. The predicted molar refractivity (Wildman–Crippen MR) is 128 cm³/mol. The van der Waals surface area contributed by atoms with Crippen LogP contribution in [-0.4, -0.2) is 53.1 Å². The highest BCUT2D eigenvalue weighted by molar-refractivity contribution is 5.97. The standard InChI is InChI=1S/C25H30N4O4/c1-16(30)27-21-13-18(24(33-2)15-23(21)31)5-9-28-10-7-20(8-11-28)29-12-6-17-3-4-19(25(26)32)14-22(17)29/h3-4,6,12-15,20,31H,5,7-11H2,1-2H3,(H2,26,32)(H,27,30). The molecule has 1 saturated heterocycles. The lowest BCUT2D eigenvalue weighted by molar-refractivity contribution is -0.114. The lowest BCUT2D eigenvalue weighted by Crippen LogP contribution is -2.35. The average molecular weight is 451 g/mol. The van der Waals surface area contributed by atoms with Gasteiger partial charge < -0.3 is 30.4 Å². The number of phenolic OH excluding ortho intramolecular Hbond substituents is 1. The van der Waals surface area contributed by atoms with Crippen LogP contribution in [0.2, 0.25) is 0 Å². The summed E-state index contributed by atoms with van der Waals surface area (Å²) in [5.41, 5.74) is 8.38. The second-order valence-corrected chi connectivity index (χ2v) is 8.55. The summed E-state index contributed by atoms with van der Waals surface area (Å²) in [5, 5.41) is 13.9. The number of aromatic hydroxyl groups is 1. The van der Waals surface area contributed by atoms with Crippen LogP contribution in [0.3, 0.4) is 0 Å². The number of aromatic nitrogens is 1. The van der Waals surface area contributed by atoms with Gasteiger partial charge in [-0.25, -0.2) is 0 Å². The summed E-state index contributed by atoms with van der Waals surface area (Å²) in [4.78, 5) is 25.4. The van der Waals surface area contributed by atoms with Crippen molar-refractivity contribution in [1.29, 1.82) is 0 Å². The Morgan fingerprint density at radius 3 is 2.61 bits per heavy atom. The first kappa shape index (κ1) is 22.7. The first-order chi connectivity index (χ1) is 15.9. The number of piperidine rings is 1. The first-order valence-corrected chi connectivity index (χ1v) is 11.2. The molecule has 3 aromatic rings. The van der Waals surface area contributed by atoms with Gasteiger partial charge in [-0.1, -0.05) is 6.07 Å². The summed E-state index contributed by atoms with van der Waals surface area (Å²) in [6.07, 6.45) is 4.86. The molecule has 8 heteroatoms. The van der Waals surface area contributed by atoms with Gasteiger partial charge in [0.25, 0.3) is 0 Å². The normalized spacial score (nSPS) is 15.0. The maximum atomic E-state index is 11.6. The molecule has 1 fully saturated rings. The summed E-state index contributed by atoms with van der Waals surface area (Å²) in [6, 6.07) is 11.4. The van der Waals surface area contributed by atoms with Crippen LogP contribution < -0.4 is 15.8 Å². The number of nitrogens with zero attached hydrogens (tertiary/aromatic N) is 2. The minimum atomic E-state index is -0.411.